The van der Waals surface area contributed by atoms with E-state index < -0.39 is 16.0 Å². The second kappa shape index (κ2) is 7.10. The molecular formula is C15H14INO4S. The topological polar surface area (TPSA) is 63.7 Å². The maximum absolute atomic E-state index is 12.8. The number of anilines is 1. The molecule has 0 atom stereocenters. The number of ether oxygens (including phenoxy) is 1. The van der Waals surface area contributed by atoms with E-state index in [1.54, 1.807) is 36.4 Å². The molecule has 0 saturated heterocycles. The highest BCUT2D eigenvalue weighted by atomic mass is 127. The Morgan fingerprint density at radius 2 is 1.82 bits per heavy atom. The van der Waals surface area contributed by atoms with Crippen molar-refractivity contribution < 1.29 is 17.9 Å². The summed E-state index contributed by atoms with van der Waals surface area (Å²) in [4.78, 5) is 11.8. The number of esters is 1. The van der Waals surface area contributed by atoms with Crippen LogP contribution in [-0.4, -0.2) is 28.0 Å². The van der Waals surface area contributed by atoms with E-state index in [-0.39, 0.29) is 11.4 Å². The van der Waals surface area contributed by atoms with Crippen molar-refractivity contribution in [3.8, 4) is 0 Å². The summed E-state index contributed by atoms with van der Waals surface area (Å²) >= 11 is 2.09. The summed E-state index contributed by atoms with van der Waals surface area (Å²) in [7, 11) is -2.62. The van der Waals surface area contributed by atoms with Gasteiger partial charge in [0, 0.05) is 3.57 Å². The van der Waals surface area contributed by atoms with Gasteiger partial charge in [0.15, 0.2) is 0 Å². The van der Waals surface area contributed by atoms with E-state index in [9.17, 15) is 13.2 Å². The monoisotopic (exact) mass is 431 g/mol. The molecule has 0 aliphatic rings. The van der Waals surface area contributed by atoms with Crippen LogP contribution in [0.15, 0.2) is 59.5 Å². The summed E-state index contributed by atoms with van der Waals surface area (Å²) in [5.74, 6) is -0.627. The summed E-state index contributed by atoms with van der Waals surface area (Å²) in [5, 5.41) is 0. The van der Waals surface area contributed by atoms with Gasteiger partial charge < -0.3 is 4.74 Å². The third-order valence-electron chi connectivity index (χ3n) is 2.93. The summed E-state index contributed by atoms with van der Waals surface area (Å²) in [6.45, 7) is -0.381. The summed E-state index contributed by atoms with van der Waals surface area (Å²) in [6.07, 6.45) is 0. The summed E-state index contributed by atoms with van der Waals surface area (Å²) in [6, 6.07) is 14.9. The van der Waals surface area contributed by atoms with Crippen molar-refractivity contribution in [2.45, 2.75) is 4.90 Å². The molecule has 0 aliphatic heterocycles. The van der Waals surface area contributed by atoms with Gasteiger partial charge in [0.1, 0.15) is 6.54 Å². The molecule has 0 amide bonds. The van der Waals surface area contributed by atoms with Crippen LogP contribution in [0.25, 0.3) is 0 Å². The zero-order valence-corrected chi connectivity index (χ0v) is 14.7. The number of carbonyl (C=O) groups is 1. The van der Waals surface area contributed by atoms with Crippen LogP contribution in [0.5, 0.6) is 0 Å². The number of sulfonamides is 1. The number of methoxy groups -OCH3 is 1. The lowest BCUT2D eigenvalue weighted by Gasteiger charge is -2.23. The van der Waals surface area contributed by atoms with E-state index in [4.69, 9.17) is 0 Å². The fourth-order valence-corrected chi connectivity index (χ4v) is 3.80. The van der Waals surface area contributed by atoms with Crippen LogP contribution in [0.2, 0.25) is 0 Å². The van der Waals surface area contributed by atoms with Crippen LogP contribution in [-0.2, 0) is 19.6 Å². The average Bonchev–Trinajstić information content (AvgIpc) is 2.53. The lowest BCUT2D eigenvalue weighted by atomic mass is 10.3. The Morgan fingerprint density at radius 3 is 2.41 bits per heavy atom. The minimum absolute atomic E-state index is 0.123. The molecule has 0 spiro atoms. The smallest absolute Gasteiger partial charge is 0.326 e. The molecule has 2 rings (SSSR count). The zero-order chi connectivity index (χ0) is 16.2. The van der Waals surface area contributed by atoms with Gasteiger partial charge in [0.05, 0.1) is 17.7 Å². The maximum atomic E-state index is 12.8. The number of rotatable bonds is 5. The zero-order valence-electron chi connectivity index (χ0n) is 11.8. The van der Waals surface area contributed by atoms with Gasteiger partial charge in [-0.05, 0) is 52.9 Å². The van der Waals surface area contributed by atoms with E-state index >= 15 is 0 Å². The lowest BCUT2D eigenvalue weighted by molar-refractivity contribution is -0.138. The van der Waals surface area contributed by atoms with Crippen LogP contribution in [0.1, 0.15) is 0 Å². The normalized spacial score (nSPS) is 11.0. The quantitative estimate of drug-likeness (QED) is 0.540. The molecule has 0 N–H and O–H groups in total. The van der Waals surface area contributed by atoms with Crippen LogP contribution < -0.4 is 4.31 Å². The Kier molecular flexibility index (Phi) is 5.41. The predicted octanol–water partition coefficient (Wildman–Crippen LogP) is 2.66. The molecule has 0 aliphatic carbocycles. The SMILES string of the molecule is COC(=O)CN(c1cccc(I)c1)S(=O)(=O)c1ccccc1. The Morgan fingerprint density at radius 1 is 1.14 bits per heavy atom. The second-order valence-corrected chi connectivity index (χ2v) is 7.49. The molecule has 0 unspecified atom stereocenters. The average molecular weight is 431 g/mol. The van der Waals surface area contributed by atoms with Gasteiger partial charge in [0.2, 0.25) is 0 Å². The fourth-order valence-electron chi connectivity index (χ4n) is 1.85. The number of hydrogen-bond acceptors (Lipinski definition) is 4. The van der Waals surface area contributed by atoms with E-state index in [1.165, 1.54) is 19.2 Å². The molecular weight excluding hydrogens is 417 g/mol. The molecule has 116 valence electrons. The number of benzene rings is 2. The molecule has 2 aromatic carbocycles. The molecule has 22 heavy (non-hydrogen) atoms. The van der Waals surface area contributed by atoms with Gasteiger partial charge >= 0.3 is 5.97 Å². The lowest BCUT2D eigenvalue weighted by Crippen LogP contribution is -2.36. The largest absolute Gasteiger partial charge is 0.468 e. The summed E-state index contributed by atoms with van der Waals surface area (Å²) in [5.41, 5.74) is 0.418. The van der Waals surface area contributed by atoms with Crippen molar-refractivity contribution in [3.63, 3.8) is 0 Å². The highest BCUT2D eigenvalue weighted by Gasteiger charge is 2.27. The standard InChI is InChI=1S/C15H14INO4S/c1-21-15(18)11-17(13-7-5-6-12(16)10-13)22(19,20)14-8-3-2-4-9-14/h2-10H,11H2,1H3. The number of hydrogen-bond donors (Lipinski definition) is 0. The number of carbonyl (C=O) groups excluding carboxylic acids is 1. The molecule has 5 nitrogen and oxygen atoms in total. The van der Waals surface area contributed by atoms with E-state index in [0.717, 1.165) is 7.88 Å². The van der Waals surface area contributed by atoms with Crippen LogP contribution in [0.3, 0.4) is 0 Å². The molecule has 0 aromatic heterocycles. The third kappa shape index (κ3) is 3.77. The van der Waals surface area contributed by atoms with Crippen molar-refractivity contribution in [1.82, 2.24) is 0 Å². The maximum Gasteiger partial charge on any atom is 0.326 e. The number of nitrogens with zero attached hydrogens (tertiary/aromatic N) is 1. The van der Waals surface area contributed by atoms with Gasteiger partial charge in [-0.3, -0.25) is 9.10 Å². The van der Waals surface area contributed by atoms with Crippen LogP contribution >= 0.6 is 22.6 Å². The van der Waals surface area contributed by atoms with Crippen molar-refractivity contribution >= 4 is 44.3 Å². The van der Waals surface area contributed by atoms with Gasteiger partial charge in [-0.2, -0.15) is 0 Å². The first-order chi connectivity index (χ1) is 10.4. The summed E-state index contributed by atoms with van der Waals surface area (Å²) < 4.78 is 32.2. The highest BCUT2D eigenvalue weighted by molar-refractivity contribution is 14.1. The van der Waals surface area contributed by atoms with Crippen molar-refractivity contribution in [1.29, 1.82) is 0 Å². The van der Waals surface area contributed by atoms with E-state index in [2.05, 4.69) is 27.3 Å². The van der Waals surface area contributed by atoms with Gasteiger partial charge in [-0.25, -0.2) is 8.42 Å². The molecule has 0 bridgehead atoms. The molecule has 0 saturated carbocycles. The molecule has 7 heteroatoms. The second-order valence-electron chi connectivity index (χ2n) is 4.38. The van der Waals surface area contributed by atoms with E-state index in [1.807, 2.05) is 6.07 Å². The van der Waals surface area contributed by atoms with Gasteiger partial charge in [-0.1, -0.05) is 24.3 Å². The molecule has 0 fully saturated rings. The Balaban J connectivity index is 2.51. The Hall–Kier alpha value is -1.61. The third-order valence-corrected chi connectivity index (χ3v) is 5.39. The molecule has 2 aromatic rings. The fraction of sp³-hybridized carbons (Fsp3) is 0.133. The predicted molar refractivity (Wildman–Crippen MR) is 92.1 cm³/mol. The minimum atomic E-state index is -3.85. The van der Waals surface area contributed by atoms with Crippen LogP contribution in [0, 0.1) is 3.57 Å². The van der Waals surface area contributed by atoms with Crippen molar-refractivity contribution in [3.05, 3.63) is 58.2 Å². The highest BCUT2D eigenvalue weighted by Crippen LogP contribution is 2.25. The van der Waals surface area contributed by atoms with E-state index in [0.29, 0.717) is 5.69 Å². The Bertz CT molecular complexity index is 762. The molecule has 0 radical (unpaired) electrons. The van der Waals surface area contributed by atoms with Gasteiger partial charge in [-0.15, -0.1) is 0 Å². The molecule has 0 heterocycles. The van der Waals surface area contributed by atoms with Crippen molar-refractivity contribution in [2.75, 3.05) is 18.0 Å². The number of halogens is 1. The first-order valence-corrected chi connectivity index (χ1v) is 8.87. The van der Waals surface area contributed by atoms with Crippen molar-refractivity contribution in [2.24, 2.45) is 0 Å². The minimum Gasteiger partial charge on any atom is -0.468 e. The first kappa shape index (κ1) is 16.8. The van der Waals surface area contributed by atoms with Crippen LogP contribution in [0.4, 0.5) is 5.69 Å². The first-order valence-electron chi connectivity index (χ1n) is 6.35. The van der Waals surface area contributed by atoms with Gasteiger partial charge in [0.25, 0.3) is 10.0 Å². The Labute approximate surface area is 143 Å².